The van der Waals surface area contributed by atoms with Crippen LogP contribution in [0, 0.1) is 0 Å². The number of sulfonamides is 1. The summed E-state index contributed by atoms with van der Waals surface area (Å²) in [5.41, 5.74) is -5.45. The van der Waals surface area contributed by atoms with E-state index in [1.54, 1.807) is 0 Å². The lowest BCUT2D eigenvalue weighted by Crippen LogP contribution is -2.40. The van der Waals surface area contributed by atoms with Crippen molar-refractivity contribution in [2.75, 3.05) is 0 Å². The SMILES string of the molecule is C=CCCCCCCCCCCCCCCCCCCC(=O)NS(=O)(=O)C(F)(F)F. The number of carbonyl (C=O) groups excluding carboxylic acids is 1. The predicted octanol–water partition coefficient (Wildman–Crippen LogP) is 7.16. The van der Waals surface area contributed by atoms with Gasteiger partial charge in [-0.15, -0.1) is 6.58 Å². The summed E-state index contributed by atoms with van der Waals surface area (Å²) < 4.78 is 59.1. The van der Waals surface area contributed by atoms with E-state index in [2.05, 4.69) is 6.58 Å². The third-order valence-electron chi connectivity index (χ3n) is 5.11. The summed E-state index contributed by atoms with van der Waals surface area (Å²) in [6.07, 6.45) is 21.4. The summed E-state index contributed by atoms with van der Waals surface area (Å²) in [5.74, 6) is -1.10. The Morgan fingerprint density at radius 1 is 0.700 bits per heavy atom. The topological polar surface area (TPSA) is 63.2 Å². The Hall–Kier alpha value is -1.05. The molecule has 0 fully saturated rings. The lowest BCUT2D eigenvalue weighted by molar-refractivity contribution is -0.120. The maximum Gasteiger partial charge on any atom is 0.516 e. The molecule has 0 aromatic heterocycles. The summed E-state index contributed by atoms with van der Waals surface area (Å²) in [6.45, 7) is 3.73. The second kappa shape index (κ2) is 17.6. The van der Waals surface area contributed by atoms with Crippen molar-refractivity contribution < 1.29 is 26.4 Å². The number of nitrogens with one attached hydrogen (secondary N) is 1. The van der Waals surface area contributed by atoms with E-state index in [0.29, 0.717) is 12.8 Å². The lowest BCUT2D eigenvalue weighted by atomic mass is 10.0. The van der Waals surface area contributed by atoms with Gasteiger partial charge in [0, 0.05) is 6.42 Å². The average Bonchev–Trinajstić information content (AvgIpc) is 2.65. The molecular weight excluding hydrogens is 415 g/mol. The molecule has 0 atom stereocenters. The predicted molar refractivity (Wildman–Crippen MR) is 116 cm³/mol. The van der Waals surface area contributed by atoms with E-state index in [0.717, 1.165) is 30.4 Å². The molecule has 178 valence electrons. The molecular formula is C22H40F3NO3S. The zero-order chi connectivity index (χ0) is 22.7. The van der Waals surface area contributed by atoms with Crippen LogP contribution in [0.1, 0.15) is 116 Å². The molecule has 0 spiro atoms. The number of unbranched alkanes of at least 4 members (excludes halogenated alkanes) is 16. The molecule has 0 aliphatic carbocycles. The van der Waals surface area contributed by atoms with Gasteiger partial charge in [-0.3, -0.25) is 4.79 Å². The van der Waals surface area contributed by atoms with Gasteiger partial charge in [0.25, 0.3) is 0 Å². The van der Waals surface area contributed by atoms with Crippen molar-refractivity contribution >= 4 is 15.9 Å². The molecule has 0 aliphatic rings. The molecule has 0 saturated carbocycles. The number of carbonyl (C=O) groups is 1. The molecule has 1 N–H and O–H groups in total. The Morgan fingerprint density at radius 3 is 1.37 bits per heavy atom. The van der Waals surface area contributed by atoms with Gasteiger partial charge in [-0.1, -0.05) is 96.0 Å². The van der Waals surface area contributed by atoms with Crippen molar-refractivity contribution in [3.05, 3.63) is 12.7 Å². The van der Waals surface area contributed by atoms with Gasteiger partial charge in [0.1, 0.15) is 0 Å². The second-order valence-corrected chi connectivity index (χ2v) is 9.63. The van der Waals surface area contributed by atoms with Crippen LogP contribution in [0.2, 0.25) is 0 Å². The Morgan fingerprint density at radius 2 is 1.03 bits per heavy atom. The molecule has 0 aliphatic heterocycles. The highest BCUT2D eigenvalue weighted by Gasteiger charge is 2.46. The first kappa shape index (κ1) is 28.9. The molecule has 0 bridgehead atoms. The van der Waals surface area contributed by atoms with Crippen LogP contribution in [0.5, 0.6) is 0 Å². The molecule has 0 aromatic carbocycles. The van der Waals surface area contributed by atoms with Crippen molar-refractivity contribution in [1.82, 2.24) is 4.72 Å². The molecule has 1 amide bonds. The summed E-state index contributed by atoms with van der Waals surface area (Å²) in [4.78, 5) is 11.3. The van der Waals surface area contributed by atoms with E-state index < -0.39 is 21.4 Å². The fraction of sp³-hybridized carbons (Fsp3) is 0.864. The minimum atomic E-state index is -5.57. The quantitative estimate of drug-likeness (QED) is 0.156. The Labute approximate surface area is 181 Å². The number of halogens is 3. The van der Waals surface area contributed by atoms with Crippen molar-refractivity contribution in [3.8, 4) is 0 Å². The molecule has 0 saturated heterocycles. The van der Waals surface area contributed by atoms with Gasteiger partial charge < -0.3 is 0 Å². The van der Waals surface area contributed by atoms with Gasteiger partial charge in [-0.05, 0) is 19.3 Å². The number of allylic oxidation sites excluding steroid dienone is 1. The van der Waals surface area contributed by atoms with Crippen LogP contribution in [-0.2, 0) is 14.8 Å². The van der Waals surface area contributed by atoms with Crippen LogP contribution in [-0.4, -0.2) is 19.8 Å². The number of alkyl halides is 3. The number of rotatable bonds is 20. The summed E-state index contributed by atoms with van der Waals surface area (Å²) in [7, 11) is -5.57. The maximum atomic E-state index is 12.1. The first-order valence-electron chi connectivity index (χ1n) is 11.4. The van der Waals surface area contributed by atoms with E-state index in [1.165, 1.54) is 70.6 Å². The number of hydrogen-bond donors (Lipinski definition) is 1. The lowest BCUT2D eigenvalue weighted by Gasteiger charge is -2.09. The van der Waals surface area contributed by atoms with Gasteiger partial charge in [0.05, 0.1) is 0 Å². The molecule has 0 heterocycles. The number of hydrogen-bond acceptors (Lipinski definition) is 3. The zero-order valence-electron chi connectivity index (χ0n) is 18.3. The van der Waals surface area contributed by atoms with Crippen molar-refractivity contribution in [2.24, 2.45) is 0 Å². The molecule has 4 nitrogen and oxygen atoms in total. The molecule has 0 radical (unpaired) electrons. The minimum Gasteiger partial charge on any atom is -0.274 e. The smallest absolute Gasteiger partial charge is 0.274 e. The summed E-state index contributed by atoms with van der Waals surface area (Å²) in [5, 5.41) is 0. The largest absolute Gasteiger partial charge is 0.516 e. The van der Waals surface area contributed by atoms with Crippen molar-refractivity contribution in [2.45, 2.75) is 121 Å². The highest BCUT2D eigenvalue weighted by atomic mass is 32.2. The first-order chi connectivity index (χ1) is 14.2. The fourth-order valence-electron chi connectivity index (χ4n) is 3.31. The van der Waals surface area contributed by atoms with Gasteiger partial charge in [-0.25, -0.2) is 4.72 Å². The van der Waals surface area contributed by atoms with E-state index in [4.69, 9.17) is 0 Å². The standard InChI is InChI=1S/C22H40F3NO3S/c1-2-3-4-5-6-7-8-9-10-11-12-13-14-15-16-17-18-19-20-21(27)26-30(28,29)22(23,24)25/h2H,1,3-20H2,(H,26,27). The monoisotopic (exact) mass is 455 g/mol. The summed E-state index contributed by atoms with van der Waals surface area (Å²) >= 11 is 0. The van der Waals surface area contributed by atoms with Crippen molar-refractivity contribution in [3.63, 3.8) is 0 Å². The van der Waals surface area contributed by atoms with Crippen LogP contribution >= 0.6 is 0 Å². The van der Waals surface area contributed by atoms with Gasteiger partial charge in [-0.2, -0.15) is 21.6 Å². The molecule has 30 heavy (non-hydrogen) atoms. The van der Waals surface area contributed by atoms with Crippen molar-refractivity contribution in [1.29, 1.82) is 0 Å². The van der Waals surface area contributed by atoms with Crippen LogP contribution < -0.4 is 4.72 Å². The van der Waals surface area contributed by atoms with E-state index in [1.807, 2.05) is 6.08 Å². The van der Waals surface area contributed by atoms with Crippen LogP contribution in [0.3, 0.4) is 0 Å². The third-order valence-corrected chi connectivity index (χ3v) is 6.22. The Bertz CT molecular complexity index is 548. The average molecular weight is 456 g/mol. The summed E-state index contributed by atoms with van der Waals surface area (Å²) in [6, 6.07) is 0. The molecule has 0 aromatic rings. The maximum absolute atomic E-state index is 12.1. The first-order valence-corrected chi connectivity index (χ1v) is 12.9. The van der Waals surface area contributed by atoms with E-state index in [9.17, 15) is 26.4 Å². The Balaban J connectivity index is 3.34. The Kier molecular flexibility index (Phi) is 17.0. The van der Waals surface area contributed by atoms with Gasteiger partial charge in [0.15, 0.2) is 0 Å². The van der Waals surface area contributed by atoms with Crippen LogP contribution in [0.4, 0.5) is 13.2 Å². The molecule has 8 heteroatoms. The highest BCUT2D eigenvalue weighted by Crippen LogP contribution is 2.21. The molecule has 0 rings (SSSR count). The fourth-order valence-corrected chi connectivity index (χ4v) is 3.83. The van der Waals surface area contributed by atoms with Crippen LogP contribution in [0.25, 0.3) is 0 Å². The zero-order valence-corrected chi connectivity index (χ0v) is 19.1. The van der Waals surface area contributed by atoms with E-state index >= 15 is 0 Å². The van der Waals surface area contributed by atoms with Crippen LogP contribution in [0.15, 0.2) is 12.7 Å². The van der Waals surface area contributed by atoms with Gasteiger partial charge in [0.2, 0.25) is 5.91 Å². The number of amides is 1. The normalized spacial score (nSPS) is 12.1. The van der Waals surface area contributed by atoms with E-state index in [-0.39, 0.29) is 6.42 Å². The molecule has 0 unspecified atom stereocenters. The van der Waals surface area contributed by atoms with Gasteiger partial charge >= 0.3 is 15.5 Å². The highest BCUT2D eigenvalue weighted by molar-refractivity contribution is 7.90. The second-order valence-electron chi connectivity index (χ2n) is 7.96. The third kappa shape index (κ3) is 16.7. The minimum absolute atomic E-state index is 0.204.